The molecule has 0 radical (unpaired) electrons. The molecule has 0 aliphatic carbocycles. The first-order valence-corrected chi connectivity index (χ1v) is 5.55. The number of nitrogens with one attached hydrogen (secondary N) is 1. The molecule has 2 N–H and O–H groups in total. The Morgan fingerprint density at radius 3 is 2.88 bits per heavy atom. The molecule has 1 fully saturated rings. The second kappa shape index (κ2) is 4.78. The lowest BCUT2D eigenvalue weighted by atomic mass is 9.92. The molecule has 0 spiro atoms. The topological polar surface area (TPSA) is 32.3 Å². The Hall–Kier alpha value is -1.16. The predicted octanol–water partition coefficient (Wildman–Crippen LogP) is 2.21. The Kier molecular flexibility index (Phi) is 3.39. The summed E-state index contributed by atoms with van der Waals surface area (Å²) in [5, 5.41) is 12.4. The maximum absolute atomic E-state index is 13.5. The molecule has 0 saturated carbocycles. The minimum absolute atomic E-state index is 0.00806. The highest BCUT2D eigenvalue weighted by Crippen LogP contribution is 2.26. The highest BCUT2D eigenvalue weighted by molar-refractivity contribution is 5.31. The van der Waals surface area contributed by atoms with Crippen molar-refractivity contribution in [3.63, 3.8) is 0 Å². The maximum Gasteiger partial charge on any atom is 0.170 e. The van der Waals surface area contributed by atoms with E-state index in [9.17, 15) is 13.9 Å². The molecule has 1 aliphatic heterocycles. The van der Waals surface area contributed by atoms with Crippen molar-refractivity contribution in [3.8, 4) is 5.75 Å². The molecule has 1 heterocycles. The molecule has 2 nitrogen and oxygen atoms in total. The fourth-order valence-electron chi connectivity index (χ4n) is 2.16. The molecule has 1 aromatic rings. The number of piperidine rings is 1. The van der Waals surface area contributed by atoms with Crippen LogP contribution in [0, 0.1) is 17.6 Å². The summed E-state index contributed by atoms with van der Waals surface area (Å²) < 4.78 is 26.9. The first-order valence-electron chi connectivity index (χ1n) is 5.55. The summed E-state index contributed by atoms with van der Waals surface area (Å²) in [7, 11) is 0. The molecule has 0 bridgehead atoms. The van der Waals surface area contributed by atoms with E-state index < -0.39 is 17.4 Å². The summed E-state index contributed by atoms with van der Waals surface area (Å²) in [6, 6.07) is 2.16. The minimum Gasteiger partial charge on any atom is -0.505 e. The summed E-state index contributed by atoms with van der Waals surface area (Å²) >= 11 is 0. The second-order valence-electron chi connectivity index (χ2n) is 4.28. The first kappa shape index (κ1) is 11.3. The standard InChI is InChI=1S/C12H15F2NO/c13-10-3-4-11(16)12(14)9(10)6-8-2-1-5-15-7-8/h3-4,8,15-16H,1-2,5-7H2. The number of benzene rings is 1. The van der Waals surface area contributed by atoms with E-state index in [1.807, 2.05) is 0 Å². The molecular weight excluding hydrogens is 212 g/mol. The van der Waals surface area contributed by atoms with E-state index in [0.29, 0.717) is 6.42 Å². The molecule has 1 unspecified atom stereocenters. The molecule has 4 heteroatoms. The summed E-state index contributed by atoms with van der Waals surface area (Å²) in [4.78, 5) is 0. The first-order chi connectivity index (χ1) is 7.68. The average Bonchev–Trinajstić information content (AvgIpc) is 2.31. The lowest BCUT2D eigenvalue weighted by Crippen LogP contribution is -2.31. The smallest absolute Gasteiger partial charge is 0.170 e. The van der Waals surface area contributed by atoms with Crippen LogP contribution in [0.5, 0.6) is 5.75 Å². The van der Waals surface area contributed by atoms with E-state index in [4.69, 9.17) is 0 Å². The predicted molar refractivity (Wildman–Crippen MR) is 57.3 cm³/mol. The van der Waals surface area contributed by atoms with Gasteiger partial charge < -0.3 is 10.4 Å². The van der Waals surface area contributed by atoms with E-state index in [1.165, 1.54) is 0 Å². The average molecular weight is 227 g/mol. The van der Waals surface area contributed by atoms with Gasteiger partial charge in [-0.25, -0.2) is 8.78 Å². The third-order valence-electron chi connectivity index (χ3n) is 3.06. The van der Waals surface area contributed by atoms with Gasteiger partial charge in [0, 0.05) is 5.56 Å². The third-order valence-corrected chi connectivity index (χ3v) is 3.06. The summed E-state index contributed by atoms with van der Waals surface area (Å²) in [5.74, 6) is -1.61. The van der Waals surface area contributed by atoms with Gasteiger partial charge in [-0.15, -0.1) is 0 Å². The van der Waals surface area contributed by atoms with Crippen LogP contribution in [0.1, 0.15) is 18.4 Å². The van der Waals surface area contributed by atoms with Gasteiger partial charge in [-0.05, 0) is 50.4 Å². The number of hydrogen-bond acceptors (Lipinski definition) is 2. The van der Waals surface area contributed by atoms with Crippen molar-refractivity contribution in [1.29, 1.82) is 0 Å². The Balaban J connectivity index is 2.16. The SMILES string of the molecule is Oc1ccc(F)c(CC2CCCNC2)c1F. The van der Waals surface area contributed by atoms with Crippen molar-refractivity contribution in [1.82, 2.24) is 5.32 Å². The zero-order valence-corrected chi connectivity index (χ0v) is 8.97. The van der Waals surface area contributed by atoms with Crippen molar-refractivity contribution >= 4 is 0 Å². The molecule has 0 aromatic heterocycles. The van der Waals surface area contributed by atoms with Crippen LogP contribution < -0.4 is 5.32 Å². The van der Waals surface area contributed by atoms with E-state index >= 15 is 0 Å². The van der Waals surface area contributed by atoms with Crippen molar-refractivity contribution in [3.05, 3.63) is 29.3 Å². The van der Waals surface area contributed by atoms with Crippen LogP contribution in [0.3, 0.4) is 0 Å². The number of rotatable bonds is 2. The Labute approximate surface area is 93.3 Å². The van der Waals surface area contributed by atoms with Gasteiger partial charge in [-0.2, -0.15) is 0 Å². The lowest BCUT2D eigenvalue weighted by molar-refractivity contribution is 0.361. The van der Waals surface area contributed by atoms with Crippen LogP contribution >= 0.6 is 0 Å². The summed E-state index contributed by atoms with van der Waals surface area (Å²) in [6.07, 6.45) is 2.35. The zero-order valence-electron chi connectivity index (χ0n) is 8.97. The fraction of sp³-hybridized carbons (Fsp3) is 0.500. The monoisotopic (exact) mass is 227 g/mol. The molecule has 0 amide bonds. The van der Waals surface area contributed by atoms with Crippen LogP contribution in [0.15, 0.2) is 12.1 Å². The normalized spacial score (nSPS) is 21.0. The number of phenolic OH excluding ortho intramolecular Hbond substituents is 1. The number of aromatic hydroxyl groups is 1. The minimum atomic E-state index is -0.814. The Morgan fingerprint density at radius 2 is 2.19 bits per heavy atom. The zero-order chi connectivity index (χ0) is 11.5. The number of hydrogen-bond donors (Lipinski definition) is 2. The van der Waals surface area contributed by atoms with Gasteiger partial charge in [0.05, 0.1) is 0 Å². The second-order valence-corrected chi connectivity index (χ2v) is 4.28. The molecule has 16 heavy (non-hydrogen) atoms. The van der Waals surface area contributed by atoms with E-state index in [2.05, 4.69) is 5.32 Å². The Morgan fingerprint density at radius 1 is 1.38 bits per heavy atom. The lowest BCUT2D eigenvalue weighted by Gasteiger charge is -2.23. The van der Waals surface area contributed by atoms with E-state index in [0.717, 1.165) is 38.1 Å². The molecule has 1 atom stereocenters. The Bertz CT molecular complexity index is 376. The van der Waals surface area contributed by atoms with Crippen molar-refractivity contribution in [2.24, 2.45) is 5.92 Å². The molecule has 1 saturated heterocycles. The quantitative estimate of drug-likeness (QED) is 0.812. The van der Waals surface area contributed by atoms with Gasteiger partial charge in [-0.3, -0.25) is 0 Å². The molecule has 2 rings (SSSR count). The van der Waals surface area contributed by atoms with Crippen LogP contribution in [0.2, 0.25) is 0 Å². The number of halogens is 2. The van der Waals surface area contributed by atoms with Crippen molar-refractivity contribution in [2.75, 3.05) is 13.1 Å². The highest BCUT2D eigenvalue weighted by atomic mass is 19.1. The van der Waals surface area contributed by atoms with Crippen molar-refractivity contribution in [2.45, 2.75) is 19.3 Å². The van der Waals surface area contributed by atoms with Crippen LogP contribution in [0.4, 0.5) is 8.78 Å². The maximum atomic E-state index is 13.5. The van der Waals surface area contributed by atoms with Crippen LogP contribution in [0.25, 0.3) is 0 Å². The van der Waals surface area contributed by atoms with Gasteiger partial charge in [-0.1, -0.05) is 0 Å². The fourth-order valence-corrected chi connectivity index (χ4v) is 2.16. The number of phenols is 1. The van der Waals surface area contributed by atoms with E-state index in [1.54, 1.807) is 0 Å². The molecule has 1 aliphatic rings. The van der Waals surface area contributed by atoms with Crippen LogP contribution in [-0.2, 0) is 6.42 Å². The summed E-state index contributed by atoms with van der Waals surface area (Å²) in [5.41, 5.74) is 0.00806. The van der Waals surface area contributed by atoms with Gasteiger partial charge in [0.25, 0.3) is 0 Å². The highest BCUT2D eigenvalue weighted by Gasteiger charge is 2.19. The van der Waals surface area contributed by atoms with Gasteiger partial charge >= 0.3 is 0 Å². The largest absolute Gasteiger partial charge is 0.505 e. The van der Waals surface area contributed by atoms with Gasteiger partial charge in [0.2, 0.25) is 0 Å². The van der Waals surface area contributed by atoms with Crippen LogP contribution in [-0.4, -0.2) is 18.2 Å². The molecular formula is C12H15F2NO. The third kappa shape index (κ3) is 2.32. The molecule has 1 aromatic carbocycles. The molecule has 88 valence electrons. The van der Waals surface area contributed by atoms with E-state index in [-0.39, 0.29) is 11.5 Å². The van der Waals surface area contributed by atoms with Gasteiger partial charge in [0.1, 0.15) is 5.82 Å². The van der Waals surface area contributed by atoms with Crippen molar-refractivity contribution < 1.29 is 13.9 Å². The van der Waals surface area contributed by atoms with Gasteiger partial charge in [0.15, 0.2) is 11.6 Å². The summed E-state index contributed by atoms with van der Waals surface area (Å²) in [6.45, 7) is 1.76.